The van der Waals surface area contributed by atoms with E-state index in [1.165, 1.54) is 4.57 Å². The molecule has 0 radical (unpaired) electrons. The lowest BCUT2D eigenvalue weighted by atomic mass is 10.1. The molecule has 2 amide bonds. The van der Waals surface area contributed by atoms with Crippen molar-refractivity contribution in [3.8, 4) is 0 Å². The molecule has 7 heteroatoms. The first-order valence-corrected chi connectivity index (χ1v) is 10.4. The van der Waals surface area contributed by atoms with Crippen LogP contribution in [0.3, 0.4) is 0 Å². The van der Waals surface area contributed by atoms with E-state index in [1.54, 1.807) is 31.2 Å². The second kappa shape index (κ2) is 9.26. The van der Waals surface area contributed by atoms with Gasteiger partial charge in [0.05, 0.1) is 0 Å². The molecule has 0 saturated carbocycles. The number of anilines is 1. The van der Waals surface area contributed by atoms with Crippen LogP contribution in [0.5, 0.6) is 0 Å². The van der Waals surface area contributed by atoms with Crippen LogP contribution in [0.15, 0.2) is 41.2 Å². The van der Waals surface area contributed by atoms with Gasteiger partial charge in [0.25, 0.3) is 11.5 Å². The minimum Gasteiger partial charge on any atom is -0.339 e. The van der Waals surface area contributed by atoms with E-state index in [4.69, 9.17) is 0 Å². The van der Waals surface area contributed by atoms with Gasteiger partial charge in [0, 0.05) is 43.5 Å². The molecule has 7 nitrogen and oxygen atoms in total. The summed E-state index contributed by atoms with van der Waals surface area (Å²) in [5.74, 6) is -0.427. The summed E-state index contributed by atoms with van der Waals surface area (Å²) in [5.41, 5.74) is 2.01. The van der Waals surface area contributed by atoms with E-state index in [1.807, 2.05) is 24.0 Å². The minimum atomic E-state index is -0.371. The number of nitrogens with zero attached hydrogens (tertiary/aromatic N) is 3. The Morgan fingerprint density at radius 1 is 0.967 bits per heavy atom. The van der Waals surface area contributed by atoms with Crippen LogP contribution < -0.4 is 10.9 Å². The highest BCUT2D eigenvalue weighted by atomic mass is 16.2. The number of rotatable bonds is 5. The van der Waals surface area contributed by atoms with E-state index >= 15 is 0 Å². The average Bonchev–Trinajstić information content (AvgIpc) is 2.73. The smallest absolute Gasteiger partial charge is 0.274 e. The molecule has 1 aromatic heterocycles. The molecule has 0 aliphatic carbocycles. The van der Waals surface area contributed by atoms with Crippen LogP contribution in [0.4, 0.5) is 5.69 Å². The van der Waals surface area contributed by atoms with Crippen LogP contribution in [0.2, 0.25) is 0 Å². The predicted molar refractivity (Wildman–Crippen MR) is 118 cm³/mol. The molecular formula is C23H30N4O3. The average molecular weight is 411 g/mol. The Morgan fingerprint density at radius 2 is 1.60 bits per heavy atom. The van der Waals surface area contributed by atoms with Gasteiger partial charge in [-0.2, -0.15) is 0 Å². The fraction of sp³-hybridized carbons (Fsp3) is 0.435. The van der Waals surface area contributed by atoms with Crippen LogP contribution in [0.25, 0.3) is 0 Å². The van der Waals surface area contributed by atoms with Gasteiger partial charge in [0.2, 0.25) is 5.91 Å². The Bertz CT molecular complexity index is 971. The number of aryl methyl sites for hydroxylation is 2. The molecule has 0 unspecified atom stereocenters. The fourth-order valence-corrected chi connectivity index (χ4v) is 3.58. The molecule has 2 heterocycles. The van der Waals surface area contributed by atoms with Gasteiger partial charge < -0.3 is 14.8 Å². The van der Waals surface area contributed by atoms with Crippen molar-refractivity contribution in [3.63, 3.8) is 0 Å². The Labute approximate surface area is 177 Å². The number of carbonyl (C=O) groups excluding carboxylic acids is 2. The molecule has 1 aliphatic heterocycles. The molecule has 1 aliphatic rings. The van der Waals surface area contributed by atoms with E-state index in [9.17, 15) is 14.4 Å². The van der Waals surface area contributed by atoms with Crippen molar-refractivity contribution < 1.29 is 9.59 Å². The predicted octanol–water partition coefficient (Wildman–Crippen LogP) is 2.27. The quantitative estimate of drug-likeness (QED) is 0.821. The molecule has 2 aromatic rings. The first kappa shape index (κ1) is 21.8. The standard InChI is InChI=1S/C23H30N4O3/c1-16(2)25-11-13-26(14-12-25)21(28)15-27-18(4)7-10-20(23(27)30)24-22(29)19-8-5-17(3)6-9-19/h5-10,16H,11-15H2,1-4H3,(H,24,29). The lowest BCUT2D eigenvalue weighted by Gasteiger charge is -2.37. The Hall–Kier alpha value is -2.93. The second-order valence-electron chi connectivity index (χ2n) is 8.11. The summed E-state index contributed by atoms with van der Waals surface area (Å²) < 4.78 is 1.43. The van der Waals surface area contributed by atoms with Crippen molar-refractivity contribution in [3.05, 3.63) is 63.6 Å². The summed E-state index contributed by atoms with van der Waals surface area (Å²) in [5, 5.41) is 2.68. The van der Waals surface area contributed by atoms with E-state index in [-0.39, 0.29) is 29.6 Å². The third kappa shape index (κ3) is 4.97. The van der Waals surface area contributed by atoms with Gasteiger partial charge in [-0.25, -0.2) is 0 Å². The third-order valence-corrected chi connectivity index (χ3v) is 5.65. The number of pyridine rings is 1. The summed E-state index contributed by atoms with van der Waals surface area (Å²) in [4.78, 5) is 42.4. The number of hydrogen-bond acceptors (Lipinski definition) is 4. The number of benzene rings is 1. The zero-order valence-corrected chi connectivity index (χ0v) is 18.1. The molecule has 1 saturated heterocycles. The molecule has 0 bridgehead atoms. The lowest BCUT2D eigenvalue weighted by Crippen LogP contribution is -2.51. The number of aromatic nitrogens is 1. The van der Waals surface area contributed by atoms with Crippen molar-refractivity contribution in [1.29, 1.82) is 0 Å². The fourth-order valence-electron chi connectivity index (χ4n) is 3.58. The minimum absolute atomic E-state index is 0.0272. The number of hydrogen-bond donors (Lipinski definition) is 1. The maximum absolute atomic E-state index is 12.9. The van der Waals surface area contributed by atoms with Crippen molar-refractivity contribution in [2.24, 2.45) is 0 Å². The van der Waals surface area contributed by atoms with Crippen molar-refractivity contribution >= 4 is 17.5 Å². The molecule has 0 spiro atoms. The van der Waals surface area contributed by atoms with Gasteiger partial charge in [-0.1, -0.05) is 17.7 Å². The highest BCUT2D eigenvalue weighted by Gasteiger charge is 2.23. The van der Waals surface area contributed by atoms with Gasteiger partial charge in [0.1, 0.15) is 12.2 Å². The zero-order valence-electron chi connectivity index (χ0n) is 18.1. The number of piperazine rings is 1. The molecule has 1 aromatic carbocycles. The number of nitrogens with one attached hydrogen (secondary N) is 1. The summed E-state index contributed by atoms with van der Waals surface area (Å²) in [6.07, 6.45) is 0. The summed E-state index contributed by atoms with van der Waals surface area (Å²) in [6, 6.07) is 10.9. The van der Waals surface area contributed by atoms with Gasteiger partial charge in [-0.3, -0.25) is 19.3 Å². The zero-order chi connectivity index (χ0) is 21.8. The number of amides is 2. The van der Waals surface area contributed by atoms with Crippen LogP contribution in [-0.2, 0) is 11.3 Å². The number of carbonyl (C=O) groups is 2. The van der Waals surface area contributed by atoms with Crippen LogP contribution in [0.1, 0.15) is 35.5 Å². The normalized spacial score (nSPS) is 14.8. The van der Waals surface area contributed by atoms with Crippen LogP contribution >= 0.6 is 0 Å². The largest absolute Gasteiger partial charge is 0.339 e. The first-order valence-electron chi connectivity index (χ1n) is 10.4. The van der Waals surface area contributed by atoms with Crippen LogP contribution in [-0.4, -0.2) is 58.4 Å². The maximum Gasteiger partial charge on any atom is 0.274 e. The highest BCUT2D eigenvalue weighted by molar-refractivity contribution is 6.04. The molecule has 30 heavy (non-hydrogen) atoms. The molecule has 160 valence electrons. The molecule has 3 rings (SSSR count). The topological polar surface area (TPSA) is 74.7 Å². The van der Waals surface area contributed by atoms with E-state index in [0.717, 1.165) is 18.7 Å². The summed E-state index contributed by atoms with van der Waals surface area (Å²) in [7, 11) is 0. The maximum atomic E-state index is 12.9. The van der Waals surface area contributed by atoms with Crippen molar-refractivity contribution in [2.75, 3.05) is 31.5 Å². The lowest BCUT2D eigenvalue weighted by molar-refractivity contribution is -0.133. The highest BCUT2D eigenvalue weighted by Crippen LogP contribution is 2.10. The molecule has 0 atom stereocenters. The van der Waals surface area contributed by atoms with Crippen molar-refractivity contribution in [1.82, 2.24) is 14.4 Å². The van der Waals surface area contributed by atoms with Gasteiger partial charge in [0.15, 0.2) is 0 Å². The second-order valence-corrected chi connectivity index (χ2v) is 8.11. The summed E-state index contributed by atoms with van der Waals surface area (Å²) >= 11 is 0. The molecule has 1 fully saturated rings. The Kier molecular flexibility index (Phi) is 6.72. The third-order valence-electron chi connectivity index (χ3n) is 5.65. The molecular weight excluding hydrogens is 380 g/mol. The Morgan fingerprint density at radius 3 is 2.20 bits per heavy atom. The van der Waals surface area contributed by atoms with E-state index in [2.05, 4.69) is 24.1 Å². The Balaban J connectivity index is 1.71. The van der Waals surface area contributed by atoms with E-state index in [0.29, 0.717) is 30.4 Å². The van der Waals surface area contributed by atoms with Gasteiger partial charge >= 0.3 is 0 Å². The van der Waals surface area contributed by atoms with E-state index < -0.39 is 0 Å². The van der Waals surface area contributed by atoms with Gasteiger partial charge in [-0.15, -0.1) is 0 Å². The van der Waals surface area contributed by atoms with Gasteiger partial charge in [-0.05, 0) is 52.0 Å². The summed E-state index contributed by atoms with van der Waals surface area (Å²) in [6.45, 7) is 11.0. The monoisotopic (exact) mass is 410 g/mol. The van der Waals surface area contributed by atoms with Crippen LogP contribution in [0, 0.1) is 13.8 Å². The molecule has 1 N–H and O–H groups in total. The SMILES string of the molecule is Cc1ccc(C(=O)Nc2ccc(C)n(CC(=O)N3CCN(C(C)C)CC3)c2=O)cc1. The van der Waals surface area contributed by atoms with Crippen molar-refractivity contribution in [2.45, 2.75) is 40.3 Å². The first-order chi connectivity index (χ1) is 14.3.